The summed E-state index contributed by atoms with van der Waals surface area (Å²) in [5, 5.41) is 5.16. The topological polar surface area (TPSA) is 193 Å². The van der Waals surface area contributed by atoms with E-state index < -0.39 is 18.2 Å². The summed E-state index contributed by atoms with van der Waals surface area (Å²) in [5.41, 5.74) is 9.65. The van der Waals surface area contributed by atoms with E-state index in [2.05, 4.69) is 118 Å². The molecule has 0 radical (unpaired) electrons. The molecule has 5 aromatic rings. The molecule has 1 aliphatic carbocycles. The van der Waals surface area contributed by atoms with Gasteiger partial charge in [0.1, 0.15) is 36.6 Å². The second-order valence-corrected chi connectivity index (χ2v) is 15.4. The lowest BCUT2D eigenvalue weighted by molar-refractivity contribution is -0.134. The average Bonchev–Trinajstić information content (AvgIpc) is 4.05. The summed E-state index contributed by atoms with van der Waals surface area (Å²) in [4.78, 5) is 70.4. The van der Waals surface area contributed by atoms with Crippen LogP contribution in [-0.2, 0) is 56.3 Å². The van der Waals surface area contributed by atoms with Crippen molar-refractivity contribution < 1.29 is 38.1 Å². The maximum Gasteiger partial charge on any atom is 0.407 e. The first-order valence-electron chi connectivity index (χ1n) is 22.8. The van der Waals surface area contributed by atoms with Crippen LogP contribution in [0, 0.1) is 38.5 Å². The van der Waals surface area contributed by atoms with Crippen LogP contribution in [0.3, 0.4) is 0 Å². The van der Waals surface area contributed by atoms with Crippen LogP contribution in [0.2, 0.25) is 0 Å². The standard InChI is InChI=1S/C43H48N8O7.C3H8.C2H6O.3C2H2/c1-5-16-50(38(52)22-45-42(54)56-3)23-36-44-21-34(47-36)28-12-14-30-29(18-28)25-58-35-20-31-27(19-32(30)35)13-15-33-40(31)48-37(46-33)24-51(17-6-2)41(53)39(49-43(55)57-4)26-10-8-7-9-11-26;2*1-3-2;3*1-2/h7-12,14,18-21,39H,5-6,13,15-17,22-25H2,1-4H3,(H,44,47)(H,45,54)(H,46,48)(H,49,55);3H2,1-2H3;1-2H3;3*1-2H/t39-;;;;;/m1...../s1. The number of hydrogen-bond donors (Lipinski definition) is 4. The number of nitrogens with one attached hydrogen (secondary N) is 4. The van der Waals surface area contributed by atoms with Crippen LogP contribution in [0.5, 0.6) is 5.75 Å². The van der Waals surface area contributed by atoms with E-state index in [0.29, 0.717) is 36.9 Å². The molecule has 4 amide bonds. The smallest absolute Gasteiger partial charge is 0.407 e. The maximum atomic E-state index is 14.0. The minimum absolute atomic E-state index is 0.158. The van der Waals surface area contributed by atoms with Gasteiger partial charge in [0.15, 0.2) is 0 Å². The number of imidazole rings is 2. The molecule has 3 aromatic carbocycles. The molecule has 0 unspecified atom stereocenters. The van der Waals surface area contributed by atoms with Gasteiger partial charge in [-0.15, -0.1) is 38.5 Å². The number of aryl methyl sites for hydroxylation is 2. The van der Waals surface area contributed by atoms with E-state index in [1.165, 1.54) is 26.2 Å². The molecule has 1 atom stereocenters. The van der Waals surface area contributed by atoms with Crippen molar-refractivity contribution >= 4 is 24.0 Å². The number of alkyl carbamates (subject to hydrolysis) is 2. The number of benzene rings is 3. The summed E-state index contributed by atoms with van der Waals surface area (Å²) >= 11 is 0. The average molecular weight is 957 g/mol. The number of carbonyl (C=O) groups is 4. The molecule has 2 aliphatic rings. The van der Waals surface area contributed by atoms with Crippen LogP contribution >= 0.6 is 0 Å². The molecule has 3 heterocycles. The van der Waals surface area contributed by atoms with Gasteiger partial charge in [-0.25, -0.2) is 19.6 Å². The molecule has 0 saturated heterocycles. The molecule has 70 heavy (non-hydrogen) atoms. The zero-order chi connectivity index (χ0) is 52.2. The fourth-order valence-electron chi connectivity index (χ4n) is 7.56. The number of methoxy groups -OCH3 is 3. The van der Waals surface area contributed by atoms with Crippen molar-refractivity contribution in [2.24, 2.45) is 0 Å². The summed E-state index contributed by atoms with van der Waals surface area (Å²) < 4.78 is 20.1. The Morgan fingerprint density at radius 1 is 0.743 bits per heavy atom. The van der Waals surface area contributed by atoms with Crippen LogP contribution in [-0.4, -0.2) is 102 Å². The molecule has 7 rings (SSSR count). The van der Waals surface area contributed by atoms with Crippen molar-refractivity contribution in [1.29, 1.82) is 0 Å². The molecule has 1 aliphatic heterocycles. The molecule has 2 aromatic heterocycles. The highest BCUT2D eigenvalue weighted by Gasteiger charge is 2.30. The van der Waals surface area contributed by atoms with Gasteiger partial charge in [-0.05, 0) is 71.7 Å². The molecule has 4 N–H and O–H groups in total. The Bertz CT molecular complexity index is 2470. The van der Waals surface area contributed by atoms with Crippen LogP contribution in [0.25, 0.3) is 33.6 Å². The highest BCUT2D eigenvalue weighted by molar-refractivity contribution is 5.87. The van der Waals surface area contributed by atoms with E-state index in [0.717, 1.165) is 76.3 Å². The summed E-state index contributed by atoms with van der Waals surface area (Å²) in [6.45, 7) is 10.00. The first kappa shape index (κ1) is 58.1. The lowest BCUT2D eigenvalue weighted by Crippen LogP contribution is -2.43. The number of nitrogens with zero attached hydrogens (tertiary/aromatic N) is 4. The Hall–Kier alpha value is -8.00. The van der Waals surface area contributed by atoms with Crippen molar-refractivity contribution in [1.82, 2.24) is 40.4 Å². The number of amides is 4. The third-order valence-corrected chi connectivity index (χ3v) is 10.4. The third kappa shape index (κ3) is 15.8. The predicted octanol–water partition coefficient (Wildman–Crippen LogP) is 8.48. The van der Waals surface area contributed by atoms with Gasteiger partial charge in [-0.2, -0.15) is 0 Å². The Labute approximate surface area is 413 Å². The molecule has 16 nitrogen and oxygen atoms in total. The van der Waals surface area contributed by atoms with Crippen LogP contribution in [0.4, 0.5) is 9.59 Å². The molecule has 0 spiro atoms. The fourth-order valence-corrected chi connectivity index (χ4v) is 7.56. The molecular weight excluding hydrogens is 889 g/mol. The molecule has 0 saturated carbocycles. The van der Waals surface area contributed by atoms with E-state index in [4.69, 9.17) is 14.5 Å². The van der Waals surface area contributed by atoms with Crippen LogP contribution in [0.1, 0.15) is 87.0 Å². The van der Waals surface area contributed by atoms with Gasteiger partial charge in [-0.1, -0.05) is 76.6 Å². The summed E-state index contributed by atoms with van der Waals surface area (Å²) in [5.74, 6) is 1.61. The van der Waals surface area contributed by atoms with Crippen molar-refractivity contribution in [3.8, 4) is 77.9 Å². The lowest BCUT2D eigenvalue weighted by Gasteiger charge is -2.27. The number of rotatable bonds is 14. The van der Waals surface area contributed by atoms with Crippen molar-refractivity contribution in [2.75, 3.05) is 48.1 Å². The monoisotopic (exact) mass is 957 g/mol. The summed E-state index contributed by atoms with van der Waals surface area (Å²) in [6.07, 6.45) is 28.7. The van der Waals surface area contributed by atoms with Gasteiger partial charge in [0, 0.05) is 44.1 Å². The van der Waals surface area contributed by atoms with E-state index in [1.807, 2.05) is 44.2 Å². The molecule has 0 bridgehead atoms. The Morgan fingerprint density at radius 2 is 1.37 bits per heavy atom. The van der Waals surface area contributed by atoms with Gasteiger partial charge < -0.3 is 49.3 Å². The predicted molar refractivity (Wildman–Crippen MR) is 274 cm³/mol. The van der Waals surface area contributed by atoms with Crippen LogP contribution < -0.4 is 15.4 Å². The number of aromatic amines is 2. The number of aromatic nitrogens is 4. The number of hydrogen-bond acceptors (Lipinski definition) is 10. The SMILES string of the molecule is C#C.C#C.C#C.CCC.CCCN(Cc1ncc(-c2ccc3c(c2)COc2cc4c(cc2-3)CCc2[nH]c(CN(CCC)C(=O)[C@H](NC(=O)OC)c3ccccc3)nc2-4)[nH]1)C(=O)CNC(=O)OC.COC. The second-order valence-electron chi connectivity index (χ2n) is 15.4. The summed E-state index contributed by atoms with van der Waals surface area (Å²) in [7, 11) is 5.78. The van der Waals surface area contributed by atoms with Gasteiger partial charge >= 0.3 is 12.2 Å². The first-order valence-corrected chi connectivity index (χ1v) is 22.8. The van der Waals surface area contributed by atoms with Gasteiger partial charge in [-0.3, -0.25) is 9.59 Å². The number of ether oxygens (including phenoxy) is 4. The zero-order valence-electron chi connectivity index (χ0n) is 41.7. The van der Waals surface area contributed by atoms with Crippen molar-refractivity contribution in [2.45, 2.75) is 85.5 Å². The highest BCUT2D eigenvalue weighted by atomic mass is 16.5. The Morgan fingerprint density at radius 3 is 2.00 bits per heavy atom. The highest BCUT2D eigenvalue weighted by Crippen LogP contribution is 2.44. The number of H-pyrrole nitrogens is 2. The maximum absolute atomic E-state index is 14.0. The van der Waals surface area contributed by atoms with Crippen molar-refractivity contribution in [3.05, 3.63) is 101 Å². The van der Waals surface area contributed by atoms with Gasteiger partial charge in [0.05, 0.1) is 44.9 Å². The number of fused-ring (bicyclic) bond motifs is 6. The molecule has 0 fully saturated rings. The molecule has 372 valence electrons. The normalized spacial score (nSPS) is 11.2. The van der Waals surface area contributed by atoms with E-state index in [-0.39, 0.29) is 31.4 Å². The van der Waals surface area contributed by atoms with E-state index in [1.54, 1.807) is 30.2 Å². The Kier molecular flexibility index (Phi) is 25.8. The second kappa shape index (κ2) is 31.1. The summed E-state index contributed by atoms with van der Waals surface area (Å²) in [6, 6.07) is 18.8. The Balaban J connectivity index is 0.00000129. The van der Waals surface area contributed by atoms with E-state index in [9.17, 15) is 19.2 Å². The molecule has 16 heteroatoms. The third-order valence-electron chi connectivity index (χ3n) is 10.4. The van der Waals surface area contributed by atoms with Crippen molar-refractivity contribution in [3.63, 3.8) is 0 Å². The lowest BCUT2D eigenvalue weighted by atomic mass is 9.86. The minimum atomic E-state index is -0.909. The zero-order valence-corrected chi connectivity index (χ0v) is 41.7. The largest absolute Gasteiger partial charge is 0.488 e. The minimum Gasteiger partial charge on any atom is -0.488 e. The van der Waals surface area contributed by atoms with Gasteiger partial charge in [0.25, 0.3) is 0 Å². The number of terminal acetylenes is 3. The molecular formula is C54H68N8O8. The van der Waals surface area contributed by atoms with Gasteiger partial charge in [0.2, 0.25) is 11.8 Å². The fraction of sp³-hybridized carbons (Fsp3) is 0.370. The van der Waals surface area contributed by atoms with E-state index >= 15 is 0 Å². The quantitative estimate of drug-likeness (QED) is 0.0785. The first-order chi connectivity index (χ1) is 34.0. The van der Waals surface area contributed by atoms with Crippen LogP contribution in [0.15, 0.2) is 66.9 Å². The number of carbonyl (C=O) groups excluding carboxylic acids is 4.